The van der Waals surface area contributed by atoms with Crippen LogP contribution in [0.3, 0.4) is 0 Å². The quantitative estimate of drug-likeness (QED) is 0.788. The molecule has 100 valence electrons. The average Bonchev–Trinajstić information content (AvgIpc) is 2.39. The van der Waals surface area contributed by atoms with E-state index >= 15 is 0 Å². The summed E-state index contributed by atoms with van der Waals surface area (Å²) in [6.45, 7) is 5.83. The van der Waals surface area contributed by atoms with Crippen molar-refractivity contribution in [3.05, 3.63) is 58.4 Å². The van der Waals surface area contributed by atoms with Gasteiger partial charge in [0.25, 0.3) is 0 Å². The van der Waals surface area contributed by atoms with Gasteiger partial charge in [-0.15, -0.1) is 0 Å². The van der Waals surface area contributed by atoms with Gasteiger partial charge >= 0.3 is 0 Å². The monoisotopic (exact) mass is 278 g/mol. The molecule has 0 aromatic carbocycles. The second-order valence-corrected chi connectivity index (χ2v) is 5.32. The van der Waals surface area contributed by atoms with E-state index in [0.717, 1.165) is 5.56 Å². The van der Waals surface area contributed by atoms with Gasteiger partial charge in [0.1, 0.15) is 5.15 Å². The fourth-order valence-corrected chi connectivity index (χ4v) is 2.42. The third-order valence-electron chi connectivity index (χ3n) is 3.38. The number of aromatic nitrogens is 2. The van der Waals surface area contributed by atoms with Crippen molar-refractivity contribution >= 4 is 11.6 Å². The van der Waals surface area contributed by atoms with Crippen LogP contribution in [0.5, 0.6) is 0 Å². The molecule has 2 heterocycles. The van der Waals surface area contributed by atoms with E-state index in [1.165, 1.54) is 0 Å². The van der Waals surface area contributed by atoms with E-state index < -0.39 is 11.4 Å². The molecule has 0 saturated heterocycles. The minimum absolute atomic E-state index is 0.409. The maximum Gasteiger partial charge on any atom is 0.216 e. The van der Waals surface area contributed by atoms with Crippen molar-refractivity contribution in [1.29, 1.82) is 0 Å². The minimum atomic E-state index is -0.488. The molecule has 0 fully saturated rings. The normalized spacial score (nSPS) is 11.6. The molecule has 0 bridgehead atoms. The molecule has 0 spiro atoms. The van der Waals surface area contributed by atoms with Crippen LogP contribution in [0, 0.1) is 5.95 Å². The van der Waals surface area contributed by atoms with E-state index in [2.05, 4.69) is 9.97 Å². The molecule has 4 heteroatoms. The Balaban J connectivity index is 2.50. The van der Waals surface area contributed by atoms with Crippen molar-refractivity contribution in [3.8, 4) is 0 Å². The van der Waals surface area contributed by atoms with Crippen LogP contribution >= 0.6 is 11.6 Å². The molecule has 0 unspecified atom stereocenters. The van der Waals surface area contributed by atoms with Gasteiger partial charge in [0.2, 0.25) is 5.95 Å². The fourth-order valence-electron chi connectivity index (χ4n) is 2.07. The van der Waals surface area contributed by atoms with Crippen molar-refractivity contribution in [1.82, 2.24) is 9.97 Å². The number of pyridine rings is 2. The number of hydrogen-bond donors (Lipinski definition) is 0. The molecule has 0 radical (unpaired) electrons. The molecule has 0 atom stereocenters. The molecule has 19 heavy (non-hydrogen) atoms. The summed E-state index contributed by atoms with van der Waals surface area (Å²) in [5.74, 6) is -0.409. The Morgan fingerprint density at radius 2 is 2.00 bits per heavy atom. The van der Waals surface area contributed by atoms with Gasteiger partial charge in [-0.25, -0.2) is 9.97 Å². The number of halogens is 2. The Morgan fingerprint density at radius 3 is 2.58 bits per heavy atom. The first-order valence-electron chi connectivity index (χ1n) is 6.23. The summed E-state index contributed by atoms with van der Waals surface area (Å²) < 4.78 is 13.8. The molecule has 0 aliphatic heterocycles. The summed E-state index contributed by atoms with van der Waals surface area (Å²) in [5.41, 5.74) is 1.63. The molecule has 0 N–H and O–H groups in total. The van der Waals surface area contributed by atoms with Gasteiger partial charge in [-0.3, -0.25) is 0 Å². The first-order valence-corrected chi connectivity index (χ1v) is 6.61. The van der Waals surface area contributed by atoms with Crippen LogP contribution < -0.4 is 0 Å². The number of aryl methyl sites for hydroxylation is 1. The van der Waals surface area contributed by atoms with Crippen LogP contribution in [0.4, 0.5) is 4.39 Å². The van der Waals surface area contributed by atoms with Crippen LogP contribution in [0.25, 0.3) is 0 Å². The van der Waals surface area contributed by atoms with Gasteiger partial charge in [0.15, 0.2) is 0 Å². The van der Waals surface area contributed by atoms with E-state index in [4.69, 9.17) is 11.6 Å². The highest BCUT2D eigenvalue weighted by molar-refractivity contribution is 6.30. The summed E-state index contributed by atoms with van der Waals surface area (Å²) >= 11 is 6.12. The zero-order chi connectivity index (χ0) is 14.0. The van der Waals surface area contributed by atoms with E-state index in [0.29, 0.717) is 22.8 Å². The predicted molar refractivity (Wildman–Crippen MR) is 74.9 cm³/mol. The summed E-state index contributed by atoms with van der Waals surface area (Å²) in [6.07, 6.45) is 2.27. The molecule has 0 aliphatic carbocycles. The Hall–Kier alpha value is -1.48. The van der Waals surface area contributed by atoms with Gasteiger partial charge in [0, 0.05) is 22.7 Å². The van der Waals surface area contributed by atoms with Gasteiger partial charge in [-0.1, -0.05) is 44.5 Å². The van der Waals surface area contributed by atoms with Crippen molar-refractivity contribution in [3.63, 3.8) is 0 Å². The second-order valence-electron chi connectivity index (χ2n) is 4.97. The Kier molecular flexibility index (Phi) is 3.85. The molecule has 2 aromatic heterocycles. The van der Waals surface area contributed by atoms with Crippen molar-refractivity contribution in [2.45, 2.75) is 32.6 Å². The highest BCUT2D eigenvalue weighted by Crippen LogP contribution is 2.33. The molecule has 2 aromatic rings. The number of rotatable bonds is 3. The summed E-state index contributed by atoms with van der Waals surface area (Å²) in [4.78, 5) is 8.15. The number of hydrogen-bond acceptors (Lipinski definition) is 2. The van der Waals surface area contributed by atoms with Gasteiger partial charge in [-0.2, -0.15) is 4.39 Å². The number of nitrogens with zero attached hydrogens (tertiary/aromatic N) is 2. The highest BCUT2D eigenvalue weighted by Gasteiger charge is 2.28. The van der Waals surface area contributed by atoms with Crippen LogP contribution in [0.15, 0.2) is 30.5 Å². The first kappa shape index (κ1) is 13.9. The lowest BCUT2D eigenvalue weighted by Gasteiger charge is -2.25. The zero-order valence-electron chi connectivity index (χ0n) is 11.2. The van der Waals surface area contributed by atoms with Crippen LogP contribution in [-0.4, -0.2) is 9.97 Å². The van der Waals surface area contributed by atoms with E-state index in [1.807, 2.05) is 39.0 Å². The summed E-state index contributed by atoms with van der Waals surface area (Å²) in [5, 5.41) is 0.425. The Labute approximate surface area is 117 Å². The second kappa shape index (κ2) is 5.25. The predicted octanol–water partition coefficient (Wildman–Crippen LogP) is 4.16. The van der Waals surface area contributed by atoms with E-state index in [1.54, 1.807) is 12.3 Å². The SMILES string of the molecule is CCc1ccc(C(C)(C)c2cccnc2Cl)nc1F. The first-order chi connectivity index (χ1) is 8.96. The maximum absolute atomic E-state index is 13.8. The smallest absolute Gasteiger partial charge is 0.216 e. The molecular weight excluding hydrogens is 263 g/mol. The lowest BCUT2D eigenvalue weighted by Crippen LogP contribution is -2.22. The van der Waals surface area contributed by atoms with Crippen LogP contribution in [0.2, 0.25) is 5.15 Å². The van der Waals surface area contributed by atoms with Gasteiger partial charge in [-0.05, 0) is 18.6 Å². The third kappa shape index (κ3) is 2.61. The topological polar surface area (TPSA) is 25.8 Å². The highest BCUT2D eigenvalue weighted by atomic mass is 35.5. The summed E-state index contributed by atoms with van der Waals surface area (Å²) in [7, 11) is 0. The van der Waals surface area contributed by atoms with Crippen LogP contribution in [-0.2, 0) is 11.8 Å². The fraction of sp³-hybridized carbons (Fsp3) is 0.333. The van der Waals surface area contributed by atoms with Crippen molar-refractivity contribution < 1.29 is 4.39 Å². The van der Waals surface area contributed by atoms with Crippen molar-refractivity contribution in [2.75, 3.05) is 0 Å². The molecule has 0 saturated carbocycles. The molecule has 2 nitrogen and oxygen atoms in total. The van der Waals surface area contributed by atoms with Gasteiger partial charge < -0.3 is 0 Å². The lowest BCUT2D eigenvalue weighted by molar-refractivity contribution is 0.532. The third-order valence-corrected chi connectivity index (χ3v) is 3.68. The molecule has 0 aliphatic rings. The van der Waals surface area contributed by atoms with Gasteiger partial charge in [0.05, 0.1) is 5.69 Å². The Bertz CT molecular complexity index is 596. The van der Waals surface area contributed by atoms with Crippen molar-refractivity contribution in [2.24, 2.45) is 0 Å². The average molecular weight is 279 g/mol. The van der Waals surface area contributed by atoms with Crippen LogP contribution in [0.1, 0.15) is 37.6 Å². The van der Waals surface area contributed by atoms with E-state index in [-0.39, 0.29) is 0 Å². The van der Waals surface area contributed by atoms with E-state index in [9.17, 15) is 4.39 Å². The molecule has 2 rings (SSSR count). The lowest BCUT2D eigenvalue weighted by atomic mass is 9.82. The zero-order valence-corrected chi connectivity index (χ0v) is 12.0. The largest absolute Gasteiger partial charge is 0.244 e. The maximum atomic E-state index is 13.8. The molecular formula is C15H16ClFN2. The minimum Gasteiger partial charge on any atom is -0.244 e. The molecule has 0 amide bonds. The Morgan fingerprint density at radius 1 is 1.26 bits per heavy atom. The standard InChI is InChI=1S/C15H16ClFN2/c1-4-10-7-8-12(19-14(10)17)15(2,3)11-6-5-9-18-13(11)16/h5-9H,4H2,1-3H3. The summed E-state index contributed by atoms with van der Waals surface area (Å²) in [6, 6.07) is 7.34.